The number of rotatable bonds is 4. The van der Waals surface area contributed by atoms with E-state index >= 15 is 0 Å². The molecule has 5 heteroatoms. The van der Waals surface area contributed by atoms with E-state index in [4.69, 9.17) is 4.74 Å². The largest absolute Gasteiger partial charge is 0.375 e. The molecule has 3 saturated heterocycles. The van der Waals surface area contributed by atoms with Crippen LogP contribution in [0.4, 0.5) is 4.79 Å². The van der Waals surface area contributed by atoms with Crippen LogP contribution in [0.1, 0.15) is 44.1 Å². The van der Waals surface area contributed by atoms with E-state index in [2.05, 4.69) is 40.5 Å². The third kappa shape index (κ3) is 4.82. The molecule has 3 aliphatic rings. The summed E-state index contributed by atoms with van der Waals surface area (Å²) < 4.78 is 5.96. The quantitative estimate of drug-likeness (QED) is 0.884. The van der Waals surface area contributed by atoms with E-state index in [0.29, 0.717) is 5.92 Å². The zero-order chi connectivity index (χ0) is 18.5. The van der Waals surface area contributed by atoms with Gasteiger partial charge in [0.05, 0.1) is 5.60 Å². The Hall–Kier alpha value is -1.59. The topological polar surface area (TPSA) is 44.8 Å². The van der Waals surface area contributed by atoms with Crippen LogP contribution in [0.2, 0.25) is 0 Å². The molecule has 0 radical (unpaired) electrons. The number of hydrogen-bond donors (Lipinski definition) is 1. The van der Waals surface area contributed by atoms with Gasteiger partial charge in [-0.2, -0.15) is 0 Å². The van der Waals surface area contributed by atoms with E-state index in [1.807, 2.05) is 4.90 Å². The molecule has 0 saturated carbocycles. The standard InChI is InChI=1S/C22H33N3O2/c26-21(25-13-10-22(11-14-25)9-5-15-27-22)23-16-20-8-4-12-24(18-20)17-19-6-2-1-3-7-19/h1-3,6-7,20H,4-5,8-18H2,(H,23,26)/t20-/m1/s1. The van der Waals surface area contributed by atoms with Gasteiger partial charge in [0.25, 0.3) is 0 Å². The molecule has 0 bridgehead atoms. The van der Waals surface area contributed by atoms with E-state index in [1.165, 1.54) is 31.2 Å². The first-order chi connectivity index (χ1) is 13.2. The average Bonchev–Trinajstić information content (AvgIpc) is 3.16. The van der Waals surface area contributed by atoms with Crippen molar-refractivity contribution in [1.82, 2.24) is 15.1 Å². The Bertz CT molecular complexity index is 605. The summed E-state index contributed by atoms with van der Waals surface area (Å²) in [6.45, 7) is 6.60. The molecule has 1 aromatic carbocycles. The zero-order valence-electron chi connectivity index (χ0n) is 16.4. The number of carbonyl (C=O) groups is 1. The highest BCUT2D eigenvalue weighted by Crippen LogP contribution is 2.35. The second-order valence-electron chi connectivity index (χ2n) is 8.54. The Morgan fingerprint density at radius 1 is 1.11 bits per heavy atom. The third-order valence-corrected chi connectivity index (χ3v) is 6.54. The van der Waals surface area contributed by atoms with Gasteiger partial charge in [-0.25, -0.2) is 4.79 Å². The minimum Gasteiger partial charge on any atom is -0.375 e. The number of piperidine rings is 2. The maximum absolute atomic E-state index is 12.6. The van der Waals surface area contributed by atoms with Gasteiger partial charge >= 0.3 is 6.03 Å². The number of likely N-dealkylation sites (tertiary alicyclic amines) is 2. The summed E-state index contributed by atoms with van der Waals surface area (Å²) in [6.07, 6.45) is 6.76. The van der Waals surface area contributed by atoms with Gasteiger partial charge in [0.2, 0.25) is 0 Å². The summed E-state index contributed by atoms with van der Waals surface area (Å²) in [4.78, 5) is 17.1. The Labute approximate surface area is 163 Å². The molecule has 3 aliphatic heterocycles. The number of urea groups is 1. The summed E-state index contributed by atoms with van der Waals surface area (Å²) in [5, 5.41) is 3.21. The normalized spacial score (nSPS) is 25.6. The molecule has 1 spiro atoms. The number of ether oxygens (including phenoxy) is 1. The molecular formula is C22H33N3O2. The third-order valence-electron chi connectivity index (χ3n) is 6.54. The first kappa shape index (κ1) is 18.8. The van der Waals surface area contributed by atoms with Gasteiger partial charge in [0, 0.05) is 39.3 Å². The molecule has 4 rings (SSSR count). The molecule has 2 amide bonds. The summed E-state index contributed by atoms with van der Waals surface area (Å²) >= 11 is 0. The minimum absolute atomic E-state index is 0.0814. The Morgan fingerprint density at radius 2 is 1.93 bits per heavy atom. The maximum atomic E-state index is 12.6. The van der Waals surface area contributed by atoms with Crippen molar-refractivity contribution in [2.45, 2.75) is 50.7 Å². The van der Waals surface area contributed by atoms with Crippen LogP contribution in [-0.2, 0) is 11.3 Å². The van der Waals surface area contributed by atoms with Crippen LogP contribution >= 0.6 is 0 Å². The molecule has 0 unspecified atom stereocenters. The zero-order valence-corrected chi connectivity index (χ0v) is 16.4. The molecule has 0 aliphatic carbocycles. The van der Waals surface area contributed by atoms with Crippen LogP contribution < -0.4 is 5.32 Å². The van der Waals surface area contributed by atoms with Gasteiger partial charge in [-0.1, -0.05) is 30.3 Å². The van der Waals surface area contributed by atoms with E-state index < -0.39 is 0 Å². The summed E-state index contributed by atoms with van der Waals surface area (Å²) in [5.41, 5.74) is 1.46. The number of nitrogens with zero attached hydrogens (tertiary/aromatic N) is 2. The SMILES string of the molecule is O=C(NC[C@H]1CCCN(Cc2ccccc2)C1)N1CCC2(CCCO2)CC1. The summed E-state index contributed by atoms with van der Waals surface area (Å²) in [5.74, 6) is 0.556. The lowest BCUT2D eigenvalue weighted by atomic mass is 9.89. The first-order valence-electron chi connectivity index (χ1n) is 10.7. The predicted molar refractivity (Wildman–Crippen MR) is 107 cm³/mol. The van der Waals surface area contributed by atoms with Gasteiger partial charge in [0.15, 0.2) is 0 Å². The van der Waals surface area contributed by atoms with Gasteiger partial charge < -0.3 is 15.0 Å². The van der Waals surface area contributed by atoms with Crippen LogP contribution in [0.3, 0.4) is 0 Å². The molecule has 1 N–H and O–H groups in total. The van der Waals surface area contributed by atoms with Gasteiger partial charge in [-0.15, -0.1) is 0 Å². The van der Waals surface area contributed by atoms with Crippen molar-refractivity contribution in [3.8, 4) is 0 Å². The highest BCUT2D eigenvalue weighted by Gasteiger charge is 2.39. The molecular weight excluding hydrogens is 338 g/mol. The molecule has 27 heavy (non-hydrogen) atoms. The summed E-state index contributed by atoms with van der Waals surface area (Å²) in [7, 11) is 0. The maximum Gasteiger partial charge on any atom is 0.317 e. The van der Waals surface area contributed by atoms with Crippen LogP contribution in [-0.4, -0.2) is 60.8 Å². The van der Waals surface area contributed by atoms with Crippen LogP contribution in [0, 0.1) is 5.92 Å². The van der Waals surface area contributed by atoms with Crippen molar-refractivity contribution in [1.29, 1.82) is 0 Å². The van der Waals surface area contributed by atoms with Gasteiger partial charge in [-0.05, 0) is 56.6 Å². The van der Waals surface area contributed by atoms with Crippen molar-refractivity contribution in [2.75, 3.05) is 39.3 Å². The number of hydrogen-bond acceptors (Lipinski definition) is 3. The van der Waals surface area contributed by atoms with Crippen LogP contribution in [0.15, 0.2) is 30.3 Å². The smallest absolute Gasteiger partial charge is 0.317 e. The molecule has 0 aromatic heterocycles. The van der Waals surface area contributed by atoms with Crippen molar-refractivity contribution >= 4 is 6.03 Å². The monoisotopic (exact) mass is 371 g/mol. The number of carbonyl (C=O) groups excluding carboxylic acids is 1. The Morgan fingerprint density at radius 3 is 2.67 bits per heavy atom. The van der Waals surface area contributed by atoms with Crippen molar-refractivity contribution < 1.29 is 9.53 Å². The Balaban J connectivity index is 1.20. The van der Waals surface area contributed by atoms with Crippen LogP contribution in [0.5, 0.6) is 0 Å². The van der Waals surface area contributed by atoms with Crippen LogP contribution in [0.25, 0.3) is 0 Å². The highest BCUT2D eigenvalue weighted by atomic mass is 16.5. The van der Waals surface area contributed by atoms with Gasteiger partial charge in [0.1, 0.15) is 0 Å². The van der Waals surface area contributed by atoms with Crippen molar-refractivity contribution in [2.24, 2.45) is 5.92 Å². The second-order valence-corrected chi connectivity index (χ2v) is 8.54. The molecule has 3 heterocycles. The van der Waals surface area contributed by atoms with E-state index in [1.54, 1.807) is 0 Å². The number of nitrogens with one attached hydrogen (secondary N) is 1. The summed E-state index contributed by atoms with van der Waals surface area (Å²) in [6, 6.07) is 10.8. The van der Waals surface area contributed by atoms with Crippen molar-refractivity contribution in [3.63, 3.8) is 0 Å². The fraction of sp³-hybridized carbons (Fsp3) is 0.682. The highest BCUT2D eigenvalue weighted by molar-refractivity contribution is 5.74. The lowest BCUT2D eigenvalue weighted by molar-refractivity contribution is -0.0362. The Kier molecular flexibility index (Phi) is 5.98. The molecule has 1 atom stereocenters. The lowest BCUT2D eigenvalue weighted by Crippen LogP contribution is -2.51. The van der Waals surface area contributed by atoms with E-state index in [-0.39, 0.29) is 11.6 Å². The fourth-order valence-corrected chi connectivity index (χ4v) is 4.91. The predicted octanol–water partition coefficient (Wildman–Crippen LogP) is 3.25. The first-order valence-corrected chi connectivity index (χ1v) is 10.7. The molecule has 148 valence electrons. The lowest BCUT2D eigenvalue weighted by Gasteiger charge is -2.39. The van der Waals surface area contributed by atoms with E-state index in [0.717, 1.165) is 58.7 Å². The molecule has 5 nitrogen and oxygen atoms in total. The van der Waals surface area contributed by atoms with E-state index in [9.17, 15) is 4.79 Å². The fourth-order valence-electron chi connectivity index (χ4n) is 4.91. The second kappa shape index (κ2) is 8.61. The van der Waals surface area contributed by atoms with Gasteiger partial charge in [-0.3, -0.25) is 4.90 Å². The number of amides is 2. The minimum atomic E-state index is 0.0814. The molecule has 1 aromatic rings. The molecule has 3 fully saturated rings. The average molecular weight is 372 g/mol. The number of benzene rings is 1. The van der Waals surface area contributed by atoms with Crippen molar-refractivity contribution in [3.05, 3.63) is 35.9 Å².